The van der Waals surface area contributed by atoms with Crippen molar-refractivity contribution >= 4 is 0 Å². The molecule has 4 aromatic carbocycles. The minimum Gasteiger partial charge on any atom is -0.503 e. The van der Waals surface area contributed by atoms with Gasteiger partial charge in [-0.25, -0.2) is 31.7 Å². The van der Waals surface area contributed by atoms with E-state index in [0.717, 1.165) is 41.2 Å². The van der Waals surface area contributed by atoms with Gasteiger partial charge in [-0.2, -0.15) is 6.08 Å². The van der Waals surface area contributed by atoms with Gasteiger partial charge in [0.1, 0.15) is 12.2 Å². The normalized spacial score (nSPS) is 16.1. The number of hydrogen-bond acceptors (Lipinski definition) is 4. The summed E-state index contributed by atoms with van der Waals surface area (Å²) in [5, 5.41) is 0. The summed E-state index contributed by atoms with van der Waals surface area (Å²) in [6.07, 6.45) is 7.81. The third-order valence-corrected chi connectivity index (χ3v) is 6.67. The molecule has 6 rings (SSSR count). The predicted octanol–water partition coefficient (Wildman–Crippen LogP) is 9.00. The van der Waals surface area contributed by atoms with Gasteiger partial charge in [0, 0.05) is 11.9 Å². The Balaban J connectivity index is 0.000000414. The summed E-state index contributed by atoms with van der Waals surface area (Å²) < 4.78 is 23.5. The minimum atomic E-state index is -0.398. The standard InChI is InChI=1S/C31H25O2.C5H10O2.C3H5.Ti/c1-5-14-24(15-6-1)30(25-16-7-2-8-17-25)32-28-22-13-23-29(28)33-31(26-18-9-3-10-19-26)27-20-11-4-12-21-27;1-5(2)6-3-4-7-5;1-3-2;/h1-22,29-31H;3-4H2,1-2H3;3H,1-2H2;/q-1;;-1;+2/t29-;;;/m1.../s1. The second-order valence-electron chi connectivity index (χ2n) is 10.3. The Morgan fingerprint density at radius 1 is 0.727 bits per heavy atom. The Hall–Kier alpha value is -3.64. The van der Waals surface area contributed by atoms with Crippen LogP contribution in [0.5, 0.6) is 0 Å². The maximum atomic E-state index is 6.63. The van der Waals surface area contributed by atoms with Crippen molar-refractivity contribution in [3.05, 3.63) is 187 Å². The van der Waals surface area contributed by atoms with Crippen LogP contribution in [-0.4, -0.2) is 25.1 Å². The average Bonchev–Trinajstić information content (AvgIpc) is 3.68. The van der Waals surface area contributed by atoms with Crippen molar-refractivity contribution in [3.8, 4) is 0 Å². The first-order chi connectivity index (χ1) is 21.0. The molecule has 0 amide bonds. The van der Waals surface area contributed by atoms with E-state index in [9.17, 15) is 0 Å². The second-order valence-corrected chi connectivity index (χ2v) is 10.3. The molecule has 224 valence electrons. The Morgan fingerprint density at radius 2 is 1.09 bits per heavy atom. The van der Waals surface area contributed by atoms with Crippen molar-refractivity contribution < 1.29 is 40.7 Å². The maximum Gasteiger partial charge on any atom is 2.00 e. The Bertz CT molecular complexity index is 1330. The van der Waals surface area contributed by atoms with Crippen LogP contribution in [0, 0.1) is 13.0 Å². The molecule has 0 bridgehead atoms. The van der Waals surface area contributed by atoms with Crippen molar-refractivity contribution in [2.75, 3.05) is 13.2 Å². The third kappa shape index (κ3) is 10.5. The molecule has 1 atom stereocenters. The van der Waals surface area contributed by atoms with E-state index in [2.05, 4.69) is 68.1 Å². The first-order valence-corrected chi connectivity index (χ1v) is 14.5. The molecule has 1 fully saturated rings. The maximum absolute atomic E-state index is 6.63. The van der Waals surface area contributed by atoms with Gasteiger partial charge < -0.3 is 18.9 Å². The van der Waals surface area contributed by atoms with Gasteiger partial charge in [0.15, 0.2) is 5.79 Å². The largest absolute Gasteiger partial charge is 2.00 e. The molecule has 0 N–H and O–H groups in total. The zero-order chi connectivity index (χ0) is 30.3. The van der Waals surface area contributed by atoms with E-state index in [0.29, 0.717) is 0 Å². The van der Waals surface area contributed by atoms with E-state index in [1.165, 1.54) is 6.08 Å². The van der Waals surface area contributed by atoms with Crippen LogP contribution in [-0.2, 0) is 40.7 Å². The van der Waals surface area contributed by atoms with Gasteiger partial charge in [0.2, 0.25) is 0 Å². The first-order valence-electron chi connectivity index (χ1n) is 14.5. The van der Waals surface area contributed by atoms with Crippen molar-refractivity contribution in [3.63, 3.8) is 0 Å². The van der Waals surface area contributed by atoms with Crippen LogP contribution in [0.1, 0.15) is 48.3 Å². The number of ether oxygens (including phenoxy) is 4. The van der Waals surface area contributed by atoms with Gasteiger partial charge >= 0.3 is 21.7 Å². The summed E-state index contributed by atoms with van der Waals surface area (Å²) in [6, 6.07) is 41.1. The minimum absolute atomic E-state index is 0. The molecule has 1 heterocycles. The molecular weight excluding hydrogens is 580 g/mol. The van der Waals surface area contributed by atoms with E-state index in [1.807, 2.05) is 98.8 Å². The number of allylic oxidation sites excluding steroid dienone is 3. The molecule has 4 aromatic rings. The molecule has 4 nitrogen and oxygen atoms in total. The molecular formula is C39H40O4Ti. The van der Waals surface area contributed by atoms with Crippen LogP contribution < -0.4 is 0 Å². The Kier molecular flexibility index (Phi) is 14.4. The number of hydrogen-bond donors (Lipinski definition) is 0. The van der Waals surface area contributed by atoms with Gasteiger partial charge in [-0.1, -0.05) is 121 Å². The van der Waals surface area contributed by atoms with Crippen LogP contribution in [0.25, 0.3) is 0 Å². The molecule has 2 aliphatic rings. The third-order valence-electron chi connectivity index (χ3n) is 6.67. The average molecular weight is 621 g/mol. The van der Waals surface area contributed by atoms with E-state index in [-0.39, 0.29) is 39.7 Å². The molecule has 1 aliphatic heterocycles. The van der Waals surface area contributed by atoms with Gasteiger partial charge in [-0.15, -0.1) is 0 Å². The SMILES string of the molecule is C=C[CH2-].CC1(C)OCCO1.[C-]1=CC=C(OC(c2ccccc2)c2ccccc2)[C@@H]1OC(c1ccccc1)c1ccccc1.[Ti+2]. The van der Waals surface area contributed by atoms with Gasteiger partial charge in [-0.05, 0) is 36.1 Å². The van der Waals surface area contributed by atoms with Gasteiger partial charge in [-0.3, -0.25) is 0 Å². The fourth-order valence-electron chi connectivity index (χ4n) is 4.67. The smallest absolute Gasteiger partial charge is 0.503 e. The predicted molar refractivity (Wildman–Crippen MR) is 173 cm³/mol. The summed E-state index contributed by atoms with van der Waals surface area (Å²) in [7, 11) is 0. The molecule has 5 heteroatoms. The quantitative estimate of drug-likeness (QED) is 0.146. The van der Waals surface area contributed by atoms with Crippen molar-refractivity contribution in [2.45, 2.75) is 37.9 Å². The second kappa shape index (κ2) is 18.2. The van der Waals surface area contributed by atoms with E-state index in [4.69, 9.17) is 18.9 Å². The fraction of sp³-hybridized carbons (Fsp3) is 0.205. The molecule has 1 aliphatic carbocycles. The molecule has 0 unspecified atom stereocenters. The van der Waals surface area contributed by atoms with Gasteiger partial charge in [0.05, 0.1) is 13.2 Å². The van der Waals surface area contributed by atoms with Crippen LogP contribution in [0.4, 0.5) is 0 Å². The Morgan fingerprint density at radius 3 is 1.43 bits per heavy atom. The first kappa shape index (κ1) is 34.8. The Labute approximate surface area is 277 Å². The summed E-state index contributed by atoms with van der Waals surface area (Å²) in [4.78, 5) is 0. The fourth-order valence-corrected chi connectivity index (χ4v) is 4.67. The molecule has 1 saturated heterocycles. The van der Waals surface area contributed by atoms with Crippen molar-refractivity contribution in [2.24, 2.45) is 0 Å². The zero-order valence-corrected chi connectivity index (χ0v) is 27.0. The number of benzene rings is 4. The molecule has 0 spiro atoms. The summed E-state index contributed by atoms with van der Waals surface area (Å²) in [5.74, 6) is 0.449. The topological polar surface area (TPSA) is 36.9 Å². The monoisotopic (exact) mass is 620 g/mol. The molecule has 44 heavy (non-hydrogen) atoms. The van der Waals surface area contributed by atoms with Gasteiger partial charge in [0.25, 0.3) is 0 Å². The van der Waals surface area contributed by atoms with E-state index >= 15 is 0 Å². The summed E-state index contributed by atoms with van der Waals surface area (Å²) >= 11 is 0. The van der Waals surface area contributed by atoms with Crippen molar-refractivity contribution in [1.82, 2.24) is 0 Å². The molecule has 0 radical (unpaired) electrons. The zero-order valence-electron chi connectivity index (χ0n) is 25.5. The van der Waals surface area contributed by atoms with Crippen LogP contribution in [0.15, 0.2) is 152 Å². The summed E-state index contributed by atoms with van der Waals surface area (Å²) in [5.41, 5.74) is 4.38. The molecule has 0 saturated carbocycles. The van der Waals surface area contributed by atoms with E-state index < -0.39 is 6.10 Å². The van der Waals surface area contributed by atoms with Crippen molar-refractivity contribution in [1.29, 1.82) is 0 Å². The summed E-state index contributed by atoms with van der Waals surface area (Å²) in [6.45, 7) is 11.8. The molecule has 0 aromatic heterocycles. The van der Waals surface area contributed by atoms with Crippen LogP contribution in [0.3, 0.4) is 0 Å². The van der Waals surface area contributed by atoms with E-state index in [1.54, 1.807) is 0 Å². The van der Waals surface area contributed by atoms with Crippen LogP contribution >= 0.6 is 0 Å². The van der Waals surface area contributed by atoms with Crippen LogP contribution in [0.2, 0.25) is 0 Å². The number of rotatable bonds is 8.